The molecule has 2 aliphatic rings. The molecule has 0 spiro atoms. The highest BCUT2D eigenvalue weighted by molar-refractivity contribution is 6.00. The van der Waals surface area contributed by atoms with Crippen LogP contribution in [0.4, 0.5) is 0 Å². The summed E-state index contributed by atoms with van der Waals surface area (Å²) >= 11 is 0. The number of rotatable bonds is 6. The summed E-state index contributed by atoms with van der Waals surface area (Å²) in [4.78, 5) is 15.2. The van der Waals surface area contributed by atoms with Gasteiger partial charge in [0, 0.05) is 42.9 Å². The van der Waals surface area contributed by atoms with Gasteiger partial charge in [-0.05, 0) is 37.5 Å². The number of hydrogen-bond donors (Lipinski definition) is 2. The lowest BCUT2D eigenvalue weighted by atomic mass is 9.73. The number of nitrogens with zero attached hydrogens (tertiary/aromatic N) is 1. The Morgan fingerprint density at radius 2 is 1.88 bits per heavy atom. The highest BCUT2D eigenvalue weighted by Gasteiger charge is 2.34. The van der Waals surface area contributed by atoms with Crippen molar-refractivity contribution in [3.63, 3.8) is 0 Å². The van der Waals surface area contributed by atoms with E-state index in [0.29, 0.717) is 11.3 Å². The maximum atomic E-state index is 12.7. The first-order chi connectivity index (χ1) is 12.6. The standard InChI is InChI=1S/C21H31N3O2/c1-17(22)18-6-5-7-19(14-18)20(25)23-15-21(8-3-2-4-9-21)16-24-10-12-26-13-11-24/h5-7,14,22H,2-4,8-13,15-16H2,1H3,(H,23,25). The Kier molecular flexibility index (Phi) is 6.43. The summed E-state index contributed by atoms with van der Waals surface area (Å²) in [5, 5.41) is 11.0. The number of ether oxygens (including phenoxy) is 1. The number of carbonyl (C=O) groups excluding carboxylic acids is 1. The Morgan fingerprint density at radius 3 is 2.58 bits per heavy atom. The van der Waals surface area contributed by atoms with Gasteiger partial charge in [0.05, 0.1) is 13.2 Å². The van der Waals surface area contributed by atoms with Crippen molar-refractivity contribution in [2.75, 3.05) is 39.4 Å². The van der Waals surface area contributed by atoms with Gasteiger partial charge in [-0.1, -0.05) is 31.4 Å². The van der Waals surface area contributed by atoms with Gasteiger partial charge in [-0.3, -0.25) is 9.69 Å². The third-order valence-electron chi connectivity index (χ3n) is 5.76. The van der Waals surface area contributed by atoms with Crippen molar-refractivity contribution in [1.82, 2.24) is 10.2 Å². The van der Waals surface area contributed by atoms with Gasteiger partial charge in [0.1, 0.15) is 0 Å². The van der Waals surface area contributed by atoms with Gasteiger partial charge in [-0.2, -0.15) is 0 Å². The fourth-order valence-electron chi connectivity index (χ4n) is 4.19. The van der Waals surface area contributed by atoms with E-state index in [0.717, 1.165) is 45.0 Å². The number of benzene rings is 1. The molecule has 1 aliphatic heterocycles. The topological polar surface area (TPSA) is 65.4 Å². The van der Waals surface area contributed by atoms with Gasteiger partial charge >= 0.3 is 0 Å². The normalized spacial score (nSPS) is 20.5. The molecule has 0 bridgehead atoms. The van der Waals surface area contributed by atoms with Crippen LogP contribution >= 0.6 is 0 Å². The summed E-state index contributed by atoms with van der Waals surface area (Å²) in [5.41, 5.74) is 2.11. The summed E-state index contributed by atoms with van der Waals surface area (Å²) in [6.07, 6.45) is 6.18. The first kappa shape index (κ1) is 19.1. The Hall–Kier alpha value is -1.72. The summed E-state index contributed by atoms with van der Waals surface area (Å²) in [6.45, 7) is 7.16. The number of amides is 1. The molecule has 0 aromatic heterocycles. The van der Waals surface area contributed by atoms with Crippen LogP contribution in [0.5, 0.6) is 0 Å². The van der Waals surface area contributed by atoms with Crippen LogP contribution in [0.2, 0.25) is 0 Å². The van der Waals surface area contributed by atoms with Gasteiger partial charge in [0.15, 0.2) is 0 Å². The number of morpholine rings is 1. The van der Waals surface area contributed by atoms with Crippen LogP contribution in [0.25, 0.3) is 0 Å². The third-order valence-corrected chi connectivity index (χ3v) is 5.76. The molecule has 1 amide bonds. The fraction of sp³-hybridized carbons (Fsp3) is 0.619. The largest absolute Gasteiger partial charge is 0.379 e. The summed E-state index contributed by atoms with van der Waals surface area (Å²) < 4.78 is 5.48. The predicted octanol–water partition coefficient (Wildman–Crippen LogP) is 3.09. The SMILES string of the molecule is CC(=N)c1cccc(C(=O)NCC2(CN3CCOCC3)CCCCC2)c1. The lowest BCUT2D eigenvalue weighted by Crippen LogP contribution is -2.49. The van der Waals surface area contributed by atoms with Crippen LogP contribution in [0.3, 0.4) is 0 Å². The minimum Gasteiger partial charge on any atom is -0.379 e. The van der Waals surface area contributed by atoms with Gasteiger partial charge in [-0.15, -0.1) is 0 Å². The minimum absolute atomic E-state index is 0.0278. The van der Waals surface area contributed by atoms with Crippen LogP contribution in [0, 0.1) is 10.8 Å². The van der Waals surface area contributed by atoms with E-state index in [1.54, 1.807) is 6.92 Å². The molecule has 1 aromatic carbocycles. The lowest BCUT2D eigenvalue weighted by molar-refractivity contribution is 0.00728. The summed E-state index contributed by atoms with van der Waals surface area (Å²) in [6, 6.07) is 7.37. The van der Waals surface area contributed by atoms with E-state index < -0.39 is 0 Å². The number of nitrogens with one attached hydrogen (secondary N) is 2. The highest BCUT2D eigenvalue weighted by atomic mass is 16.5. The Morgan fingerprint density at radius 1 is 1.19 bits per heavy atom. The molecule has 26 heavy (non-hydrogen) atoms. The molecule has 1 heterocycles. The predicted molar refractivity (Wildman–Crippen MR) is 104 cm³/mol. The average molecular weight is 357 g/mol. The van der Waals surface area contributed by atoms with Crippen LogP contribution < -0.4 is 5.32 Å². The molecule has 1 aromatic rings. The quantitative estimate of drug-likeness (QED) is 0.769. The van der Waals surface area contributed by atoms with E-state index in [-0.39, 0.29) is 11.3 Å². The number of hydrogen-bond acceptors (Lipinski definition) is 4. The molecule has 1 saturated carbocycles. The lowest BCUT2D eigenvalue weighted by Gasteiger charge is -2.42. The molecule has 2 N–H and O–H groups in total. The zero-order valence-electron chi connectivity index (χ0n) is 15.9. The van der Waals surface area contributed by atoms with Crippen molar-refractivity contribution in [1.29, 1.82) is 5.41 Å². The van der Waals surface area contributed by atoms with Crippen molar-refractivity contribution < 1.29 is 9.53 Å². The van der Waals surface area contributed by atoms with E-state index in [1.165, 1.54) is 32.1 Å². The third kappa shape index (κ3) is 4.92. The number of carbonyl (C=O) groups is 1. The molecule has 0 radical (unpaired) electrons. The van der Waals surface area contributed by atoms with E-state index in [2.05, 4.69) is 10.2 Å². The summed E-state index contributed by atoms with van der Waals surface area (Å²) in [7, 11) is 0. The Bertz CT molecular complexity index is 632. The molecule has 1 aliphatic carbocycles. The molecule has 2 fully saturated rings. The molecular formula is C21H31N3O2. The first-order valence-corrected chi connectivity index (χ1v) is 9.82. The smallest absolute Gasteiger partial charge is 0.251 e. The van der Waals surface area contributed by atoms with Gasteiger partial charge in [-0.25, -0.2) is 0 Å². The molecular weight excluding hydrogens is 326 g/mol. The maximum absolute atomic E-state index is 12.7. The Labute approximate surface area is 156 Å². The minimum atomic E-state index is -0.0278. The van der Waals surface area contributed by atoms with Crippen LogP contribution in [0.1, 0.15) is 54.9 Å². The van der Waals surface area contributed by atoms with Crippen molar-refractivity contribution in [2.45, 2.75) is 39.0 Å². The first-order valence-electron chi connectivity index (χ1n) is 9.82. The van der Waals surface area contributed by atoms with Gasteiger partial charge in [0.2, 0.25) is 0 Å². The van der Waals surface area contributed by atoms with Gasteiger partial charge < -0.3 is 15.5 Å². The monoisotopic (exact) mass is 357 g/mol. The second-order valence-corrected chi connectivity index (χ2v) is 7.84. The van der Waals surface area contributed by atoms with Crippen molar-refractivity contribution in [3.05, 3.63) is 35.4 Å². The van der Waals surface area contributed by atoms with Gasteiger partial charge in [0.25, 0.3) is 5.91 Å². The maximum Gasteiger partial charge on any atom is 0.251 e. The van der Waals surface area contributed by atoms with Crippen molar-refractivity contribution >= 4 is 11.6 Å². The molecule has 5 nitrogen and oxygen atoms in total. The molecule has 5 heteroatoms. The fourth-order valence-corrected chi connectivity index (χ4v) is 4.19. The zero-order valence-corrected chi connectivity index (χ0v) is 15.9. The molecule has 1 saturated heterocycles. The summed E-state index contributed by atoms with van der Waals surface area (Å²) in [5.74, 6) is -0.0278. The van der Waals surface area contributed by atoms with E-state index >= 15 is 0 Å². The highest BCUT2D eigenvalue weighted by Crippen LogP contribution is 2.36. The molecule has 3 rings (SSSR count). The van der Waals surface area contributed by atoms with Crippen molar-refractivity contribution in [2.24, 2.45) is 5.41 Å². The Balaban J connectivity index is 1.64. The van der Waals surface area contributed by atoms with Crippen LogP contribution in [-0.4, -0.2) is 55.9 Å². The van der Waals surface area contributed by atoms with Crippen molar-refractivity contribution in [3.8, 4) is 0 Å². The molecule has 142 valence electrons. The van der Waals surface area contributed by atoms with E-state index in [9.17, 15) is 4.79 Å². The van der Waals surface area contributed by atoms with E-state index in [1.807, 2.05) is 24.3 Å². The second kappa shape index (κ2) is 8.78. The molecule has 0 atom stereocenters. The average Bonchev–Trinajstić information content (AvgIpc) is 2.68. The second-order valence-electron chi connectivity index (χ2n) is 7.84. The molecule has 0 unspecified atom stereocenters. The zero-order chi connectivity index (χ0) is 18.4. The van der Waals surface area contributed by atoms with E-state index in [4.69, 9.17) is 10.1 Å². The van der Waals surface area contributed by atoms with Crippen LogP contribution in [0.15, 0.2) is 24.3 Å². The van der Waals surface area contributed by atoms with Crippen LogP contribution in [-0.2, 0) is 4.74 Å².